The predicted octanol–water partition coefficient (Wildman–Crippen LogP) is 4.00. The van der Waals surface area contributed by atoms with Gasteiger partial charge in [0.15, 0.2) is 0 Å². The largest absolute Gasteiger partial charge is 0.388 e. The lowest BCUT2D eigenvalue weighted by Crippen LogP contribution is -1.92. The molecule has 1 N–H and O–H groups in total. The van der Waals surface area contributed by atoms with Gasteiger partial charge in [0.1, 0.15) is 4.34 Å². The van der Waals surface area contributed by atoms with E-state index in [4.69, 9.17) is 11.6 Å². The molecule has 1 nitrogen and oxygen atoms in total. The summed E-state index contributed by atoms with van der Waals surface area (Å²) in [5.41, 5.74) is 0. The van der Waals surface area contributed by atoms with Gasteiger partial charge in [-0.05, 0) is 35.3 Å². The number of rotatable bonds is 3. The van der Waals surface area contributed by atoms with Crippen molar-refractivity contribution in [3.8, 4) is 11.8 Å². The summed E-state index contributed by atoms with van der Waals surface area (Å²) in [4.78, 5) is 0.889. The molecule has 0 bridgehead atoms. The van der Waals surface area contributed by atoms with E-state index in [1.165, 1.54) is 11.3 Å². The average molecular weight is 294 g/mol. The molecule has 1 heterocycles. The molecule has 0 radical (unpaired) electrons. The van der Waals surface area contributed by atoms with E-state index in [1.807, 2.05) is 6.07 Å². The van der Waals surface area contributed by atoms with Gasteiger partial charge < -0.3 is 5.11 Å². The standard InChI is InChI=1S/C10H10BrClOS/c1-2-3-4-5-8(13)9-6-7(11)10(12)14-9/h6,8,13H,4-5H2,1H3. The molecule has 14 heavy (non-hydrogen) atoms. The van der Waals surface area contributed by atoms with Gasteiger partial charge in [-0.1, -0.05) is 11.6 Å². The Morgan fingerprint density at radius 2 is 2.43 bits per heavy atom. The van der Waals surface area contributed by atoms with E-state index in [0.717, 1.165) is 9.35 Å². The molecule has 0 fully saturated rings. The zero-order valence-electron chi connectivity index (χ0n) is 7.68. The Morgan fingerprint density at radius 3 is 2.93 bits per heavy atom. The van der Waals surface area contributed by atoms with Crippen molar-refractivity contribution < 1.29 is 5.11 Å². The maximum absolute atomic E-state index is 9.75. The molecule has 4 heteroatoms. The lowest BCUT2D eigenvalue weighted by Gasteiger charge is -2.04. The Kier molecular flexibility index (Phi) is 4.97. The summed E-state index contributed by atoms with van der Waals surface area (Å²) in [5.74, 6) is 5.72. The first-order chi connectivity index (χ1) is 6.65. The summed E-state index contributed by atoms with van der Waals surface area (Å²) in [6.45, 7) is 1.80. The Hall–Kier alpha value is -0.0100. The first kappa shape index (κ1) is 12.1. The van der Waals surface area contributed by atoms with Crippen LogP contribution in [0.4, 0.5) is 0 Å². The Balaban J connectivity index is 2.58. The lowest BCUT2D eigenvalue weighted by atomic mass is 10.2. The average Bonchev–Trinajstić information content (AvgIpc) is 2.47. The van der Waals surface area contributed by atoms with Crippen LogP contribution in [-0.4, -0.2) is 5.11 Å². The highest BCUT2D eigenvalue weighted by Crippen LogP contribution is 2.36. The fraction of sp³-hybridized carbons (Fsp3) is 0.400. The van der Waals surface area contributed by atoms with Gasteiger partial charge in [0.05, 0.1) is 6.10 Å². The van der Waals surface area contributed by atoms with Crippen molar-refractivity contribution in [2.24, 2.45) is 0 Å². The van der Waals surface area contributed by atoms with E-state index in [1.54, 1.807) is 6.92 Å². The Bertz CT molecular complexity index is 344. The molecule has 1 aromatic rings. The van der Waals surface area contributed by atoms with Crippen LogP contribution in [0.2, 0.25) is 4.34 Å². The van der Waals surface area contributed by atoms with Gasteiger partial charge in [-0.2, -0.15) is 0 Å². The molecule has 0 aliphatic heterocycles. The second-order valence-corrected chi connectivity index (χ2v) is 5.29. The summed E-state index contributed by atoms with van der Waals surface area (Å²) in [7, 11) is 0. The molecule has 0 saturated carbocycles. The molecule has 1 aromatic heterocycles. The minimum atomic E-state index is -0.454. The van der Waals surface area contributed by atoms with Crippen LogP contribution in [0.15, 0.2) is 10.5 Å². The van der Waals surface area contributed by atoms with Gasteiger partial charge in [-0.25, -0.2) is 0 Å². The normalized spacial score (nSPS) is 12.0. The number of halogens is 2. The zero-order valence-corrected chi connectivity index (χ0v) is 10.8. The van der Waals surface area contributed by atoms with E-state index < -0.39 is 6.10 Å². The van der Waals surface area contributed by atoms with Crippen LogP contribution in [0.3, 0.4) is 0 Å². The third-order valence-corrected chi connectivity index (χ3v) is 4.29. The van der Waals surface area contributed by atoms with Crippen molar-refractivity contribution in [2.45, 2.75) is 25.9 Å². The number of thiophene rings is 1. The molecule has 1 atom stereocenters. The number of aliphatic hydroxyl groups is 1. The minimum Gasteiger partial charge on any atom is -0.388 e. The molecular formula is C10H10BrClOS. The molecule has 0 aliphatic rings. The summed E-state index contributed by atoms with van der Waals surface area (Å²) < 4.78 is 1.53. The van der Waals surface area contributed by atoms with Crippen molar-refractivity contribution in [3.05, 3.63) is 19.8 Å². The SMILES string of the molecule is CC#CCCC(O)c1cc(Br)c(Cl)s1. The number of hydrogen-bond donors (Lipinski definition) is 1. The van der Waals surface area contributed by atoms with Crippen molar-refractivity contribution in [2.75, 3.05) is 0 Å². The molecule has 0 aromatic carbocycles. The van der Waals surface area contributed by atoms with Gasteiger partial charge in [0.2, 0.25) is 0 Å². The molecule has 0 saturated heterocycles. The van der Waals surface area contributed by atoms with Crippen LogP contribution in [0.1, 0.15) is 30.7 Å². The van der Waals surface area contributed by atoms with Crippen LogP contribution in [0.25, 0.3) is 0 Å². The molecule has 76 valence electrons. The van der Waals surface area contributed by atoms with Crippen LogP contribution in [0.5, 0.6) is 0 Å². The van der Waals surface area contributed by atoms with Gasteiger partial charge in [-0.15, -0.1) is 23.2 Å². The van der Waals surface area contributed by atoms with Gasteiger partial charge in [0, 0.05) is 15.8 Å². The van der Waals surface area contributed by atoms with Crippen molar-refractivity contribution in [1.29, 1.82) is 0 Å². The topological polar surface area (TPSA) is 20.2 Å². The third kappa shape index (κ3) is 3.29. The highest BCUT2D eigenvalue weighted by atomic mass is 79.9. The van der Waals surface area contributed by atoms with E-state index >= 15 is 0 Å². The highest BCUT2D eigenvalue weighted by Gasteiger charge is 2.12. The maximum atomic E-state index is 9.75. The van der Waals surface area contributed by atoms with E-state index in [9.17, 15) is 5.11 Å². The van der Waals surface area contributed by atoms with Crippen molar-refractivity contribution in [3.63, 3.8) is 0 Å². The summed E-state index contributed by atoms with van der Waals surface area (Å²) in [6, 6.07) is 1.86. The van der Waals surface area contributed by atoms with E-state index in [-0.39, 0.29) is 0 Å². The molecular weight excluding hydrogens is 284 g/mol. The van der Waals surface area contributed by atoms with Crippen LogP contribution < -0.4 is 0 Å². The van der Waals surface area contributed by atoms with Gasteiger partial charge in [0.25, 0.3) is 0 Å². The van der Waals surface area contributed by atoms with Crippen molar-refractivity contribution >= 4 is 38.9 Å². The van der Waals surface area contributed by atoms with E-state index in [2.05, 4.69) is 27.8 Å². The monoisotopic (exact) mass is 292 g/mol. The molecule has 1 unspecified atom stereocenters. The third-order valence-electron chi connectivity index (χ3n) is 1.71. The number of hydrogen-bond acceptors (Lipinski definition) is 2. The van der Waals surface area contributed by atoms with Crippen LogP contribution in [-0.2, 0) is 0 Å². The van der Waals surface area contributed by atoms with Gasteiger partial charge >= 0.3 is 0 Å². The summed E-state index contributed by atoms with van der Waals surface area (Å²) >= 11 is 10.6. The fourth-order valence-electron chi connectivity index (χ4n) is 1.00. The second-order valence-electron chi connectivity index (χ2n) is 2.75. The first-order valence-electron chi connectivity index (χ1n) is 4.17. The smallest absolute Gasteiger partial charge is 0.107 e. The zero-order chi connectivity index (χ0) is 10.6. The van der Waals surface area contributed by atoms with Crippen molar-refractivity contribution in [1.82, 2.24) is 0 Å². The predicted molar refractivity (Wildman–Crippen MR) is 64.7 cm³/mol. The van der Waals surface area contributed by atoms with E-state index in [0.29, 0.717) is 17.2 Å². The van der Waals surface area contributed by atoms with Gasteiger partial charge in [-0.3, -0.25) is 0 Å². The highest BCUT2D eigenvalue weighted by molar-refractivity contribution is 9.10. The maximum Gasteiger partial charge on any atom is 0.107 e. The molecule has 0 amide bonds. The summed E-state index contributed by atoms with van der Waals surface area (Å²) in [6.07, 6.45) is 0.916. The second kappa shape index (κ2) is 5.77. The van der Waals surface area contributed by atoms with Crippen LogP contribution >= 0.6 is 38.9 Å². The number of aliphatic hydroxyl groups excluding tert-OH is 1. The molecule has 1 rings (SSSR count). The lowest BCUT2D eigenvalue weighted by molar-refractivity contribution is 0.173. The minimum absolute atomic E-state index is 0.454. The van der Waals surface area contributed by atoms with Crippen LogP contribution in [0, 0.1) is 11.8 Å². The quantitative estimate of drug-likeness (QED) is 0.835. The molecule has 0 aliphatic carbocycles. The summed E-state index contributed by atoms with van der Waals surface area (Å²) in [5, 5.41) is 9.75. The molecule has 0 spiro atoms. The Labute approximate surface area is 101 Å². The Morgan fingerprint density at radius 1 is 1.71 bits per heavy atom. The fourth-order valence-corrected chi connectivity index (χ4v) is 2.76. The first-order valence-corrected chi connectivity index (χ1v) is 6.16.